The van der Waals surface area contributed by atoms with Crippen LogP contribution in [0.15, 0.2) is 24.8 Å². The fraction of sp³-hybridized carbons (Fsp3) is 0.231. The summed E-state index contributed by atoms with van der Waals surface area (Å²) in [5.74, 6) is -1.01. The minimum Gasteiger partial charge on any atom is -0.506 e. The number of carboxylic acid groups (broad SMARTS) is 1. The number of nitrogens with one attached hydrogen (secondary N) is 1. The molecule has 0 aliphatic carbocycles. The summed E-state index contributed by atoms with van der Waals surface area (Å²) in [6, 6.07) is 2.23. The van der Waals surface area contributed by atoms with E-state index in [1.807, 2.05) is 45.2 Å². The zero-order valence-electron chi connectivity index (χ0n) is 10.8. The number of carbonyl (C=O) groups is 2. The first-order valence-electron chi connectivity index (χ1n) is 5.79. The van der Waals surface area contributed by atoms with E-state index in [0.717, 1.165) is 0 Å². The summed E-state index contributed by atoms with van der Waals surface area (Å²) in [6.07, 6.45) is 0.663. The van der Waals surface area contributed by atoms with E-state index in [9.17, 15) is 14.7 Å². The Kier molecular flexibility index (Phi) is 7.22. The summed E-state index contributed by atoms with van der Waals surface area (Å²) in [5, 5.41) is 21.1. The Balaban J connectivity index is 2.81. The van der Waals surface area contributed by atoms with Crippen molar-refractivity contribution in [2.24, 2.45) is 0 Å². The van der Waals surface area contributed by atoms with Gasteiger partial charge in [0, 0.05) is 6.42 Å². The van der Waals surface area contributed by atoms with Crippen LogP contribution < -0.4 is 5.32 Å². The minimum absolute atomic E-state index is 0.00712. The smallest absolute Gasteiger partial charge is 0.408 e. The first-order valence-corrected chi connectivity index (χ1v) is 7.94. The Morgan fingerprint density at radius 2 is 1.95 bits per heavy atom. The molecule has 1 rings (SSSR count). The van der Waals surface area contributed by atoms with Crippen molar-refractivity contribution in [3.63, 3.8) is 0 Å². The molecule has 0 aliphatic rings. The average molecular weight is 517 g/mol. The molecule has 1 aromatic carbocycles. The van der Waals surface area contributed by atoms with Gasteiger partial charge in [0.25, 0.3) is 0 Å². The Labute approximate surface area is 148 Å². The number of ether oxygens (including phenoxy) is 1. The Hall–Kier alpha value is -1.04. The number of rotatable bonds is 6. The van der Waals surface area contributed by atoms with Crippen LogP contribution in [0.3, 0.4) is 0 Å². The number of aliphatic carboxylic acids is 1. The van der Waals surface area contributed by atoms with Gasteiger partial charge in [0.2, 0.25) is 0 Å². The van der Waals surface area contributed by atoms with Gasteiger partial charge in [0.1, 0.15) is 18.4 Å². The van der Waals surface area contributed by atoms with Crippen molar-refractivity contribution in [1.29, 1.82) is 0 Å². The molecular formula is C13H13I2NO5. The van der Waals surface area contributed by atoms with Gasteiger partial charge >= 0.3 is 12.1 Å². The number of amides is 1. The molecule has 3 N–H and O–H groups in total. The molecule has 0 unspecified atom stereocenters. The van der Waals surface area contributed by atoms with Crippen molar-refractivity contribution in [3.8, 4) is 5.75 Å². The number of benzene rings is 1. The Morgan fingerprint density at radius 1 is 1.38 bits per heavy atom. The summed E-state index contributed by atoms with van der Waals surface area (Å²) < 4.78 is 5.94. The first-order chi connectivity index (χ1) is 9.85. The van der Waals surface area contributed by atoms with Gasteiger partial charge in [-0.2, -0.15) is 0 Å². The molecule has 0 aromatic heterocycles. The lowest BCUT2D eigenvalue weighted by Gasteiger charge is -2.15. The lowest BCUT2D eigenvalue weighted by molar-refractivity contribution is -0.139. The van der Waals surface area contributed by atoms with Gasteiger partial charge in [0.05, 0.1) is 7.14 Å². The summed E-state index contributed by atoms with van der Waals surface area (Å²) in [6.45, 7) is 3.40. The van der Waals surface area contributed by atoms with Gasteiger partial charge in [-0.25, -0.2) is 9.59 Å². The standard InChI is InChI=1S/C13H13I2NO5/c1-2-3-21-13(20)16-10(12(18)19)6-7-4-8(14)11(17)9(15)5-7/h2,4-5,10,17H,1,3,6H2,(H,16,20)(H,18,19)/t10-/m0/s1. The number of phenols is 1. The molecule has 0 radical (unpaired) electrons. The first kappa shape index (κ1) is 18.0. The number of hydrogen-bond acceptors (Lipinski definition) is 4. The van der Waals surface area contributed by atoms with Crippen LogP contribution in [0.5, 0.6) is 5.75 Å². The molecule has 8 heteroatoms. The van der Waals surface area contributed by atoms with Gasteiger partial charge in [-0.3, -0.25) is 0 Å². The summed E-state index contributed by atoms with van der Waals surface area (Å²) >= 11 is 3.92. The second-order valence-corrected chi connectivity index (χ2v) is 6.36. The molecule has 6 nitrogen and oxygen atoms in total. The third-order valence-corrected chi connectivity index (χ3v) is 4.08. The molecule has 0 heterocycles. The maximum atomic E-state index is 11.4. The molecule has 1 amide bonds. The number of hydrogen-bond donors (Lipinski definition) is 3. The summed E-state index contributed by atoms with van der Waals surface area (Å²) in [4.78, 5) is 22.6. The number of carboxylic acids is 1. The van der Waals surface area contributed by atoms with Crippen LogP contribution in [0.25, 0.3) is 0 Å². The van der Waals surface area contributed by atoms with Crippen molar-refractivity contribution in [2.75, 3.05) is 6.61 Å². The number of aromatic hydroxyl groups is 1. The van der Waals surface area contributed by atoms with Gasteiger partial charge in [0.15, 0.2) is 0 Å². The maximum Gasteiger partial charge on any atom is 0.408 e. The minimum atomic E-state index is -1.16. The van der Waals surface area contributed by atoms with E-state index in [1.165, 1.54) is 6.08 Å². The predicted octanol–water partition coefficient (Wildman–Crippen LogP) is 2.51. The summed E-state index contributed by atoms with van der Waals surface area (Å²) in [7, 11) is 0. The van der Waals surface area contributed by atoms with Gasteiger partial charge in [-0.15, -0.1) is 0 Å². The molecule has 1 aromatic rings. The van der Waals surface area contributed by atoms with Crippen LogP contribution in [0.4, 0.5) is 4.79 Å². The SMILES string of the molecule is C=CCOC(=O)N[C@@H](Cc1cc(I)c(O)c(I)c1)C(=O)O. The number of halogens is 2. The highest BCUT2D eigenvalue weighted by molar-refractivity contribution is 14.1. The molecule has 0 saturated heterocycles. The van der Waals surface area contributed by atoms with Gasteiger partial charge < -0.3 is 20.3 Å². The van der Waals surface area contributed by atoms with Crippen LogP contribution in [-0.4, -0.2) is 34.9 Å². The fourth-order valence-corrected chi connectivity index (χ4v) is 3.39. The van der Waals surface area contributed by atoms with E-state index < -0.39 is 18.1 Å². The van der Waals surface area contributed by atoms with Gasteiger partial charge in [-0.1, -0.05) is 12.7 Å². The van der Waals surface area contributed by atoms with Crippen molar-refractivity contribution in [3.05, 3.63) is 37.5 Å². The largest absolute Gasteiger partial charge is 0.506 e. The highest BCUT2D eigenvalue weighted by Crippen LogP contribution is 2.27. The summed E-state index contributed by atoms with van der Waals surface area (Å²) in [5.41, 5.74) is 0.693. The van der Waals surface area contributed by atoms with Crippen LogP contribution in [-0.2, 0) is 16.0 Å². The molecule has 21 heavy (non-hydrogen) atoms. The average Bonchev–Trinajstić information content (AvgIpc) is 2.41. The Morgan fingerprint density at radius 3 is 2.43 bits per heavy atom. The Bertz CT molecular complexity index is 538. The molecule has 1 atom stereocenters. The molecular weight excluding hydrogens is 504 g/mol. The number of carbonyl (C=O) groups excluding carboxylic acids is 1. The van der Waals surface area contributed by atoms with E-state index >= 15 is 0 Å². The van der Waals surface area contributed by atoms with Crippen LogP contribution in [0.1, 0.15) is 5.56 Å². The zero-order chi connectivity index (χ0) is 16.0. The van der Waals surface area contributed by atoms with Crippen LogP contribution in [0.2, 0.25) is 0 Å². The normalized spacial score (nSPS) is 11.5. The highest BCUT2D eigenvalue weighted by atomic mass is 127. The van der Waals surface area contributed by atoms with E-state index in [-0.39, 0.29) is 18.8 Å². The monoisotopic (exact) mass is 517 g/mol. The third kappa shape index (κ3) is 5.69. The molecule has 0 fully saturated rings. The van der Waals surface area contributed by atoms with Crippen molar-refractivity contribution >= 4 is 57.2 Å². The fourth-order valence-electron chi connectivity index (χ4n) is 1.49. The number of alkyl carbamates (subject to hydrolysis) is 1. The highest BCUT2D eigenvalue weighted by Gasteiger charge is 2.22. The predicted molar refractivity (Wildman–Crippen MR) is 93.3 cm³/mol. The molecule has 0 bridgehead atoms. The third-order valence-electron chi connectivity index (χ3n) is 2.44. The van der Waals surface area contributed by atoms with Crippen molar-refractivity contribution in [2.45, 2.75) is 12.5 Å². The van der Waals surface area contributed by atoms with Crippen molar-refractivity contribution in [1.82, 2.24) is 5.32 Å². The molecule has 0 aliphatic heterocycles. The molecule has 0 saturated carbocycles. The quantitative estimate of drug-likeness (QED) is 0.399. The second-order valence-electron chi connectivity index (χ2n) is 4.03. The van der Waals surface area contributed by atoms with Crippen LogP contribution >= 0.6 is 45.2 Å². The topological polar surface area (TPSA) is 95.9 Å². The number of phenolic OH excluding ortho intramolecular Hbond substituents is 1. The molecule has 114 valence electrons. The molecule has 0 spiro atoms. The zero-order valence-corrected chi connectivity index (χ0v) is 15.1. The van der Waals surface area contributed by atoms with Crippen LogP contribution in [0, 0.1) is 7.14 Å². The van der Waals surface area contributed by atoms with E-state index in [1.54, 1.807) is 12.1 Å². The lowest BCUT2D eigenvalue weighted by atomic mass is 10.1. The second kappa shape index (κ2) is 8.41. The van der Waals surface area contributed by atoms with Crippen molar-refractivity contribution < 1.29 is 24.5 Å². The van der Waals surface area contributed by atoms with E-state index in [4.69, 9.17) is 9.84 Å². The maximum absolute atomic E-state index is 11.4. The van der Waals surface area contributed by atoms with Gasteiger partial charge in [-0.05, 0) is 62.9 Å². The lowest BCUT2D eigenvalue weighted by Crippen LogP contribution is -2.42. The van der Waals surface area contributed by atoms with E-state index in [0.29, 0.717) is 12.7 Å². The van der Waals surface area contributed by atoms with E-state index in [2.05, 4.69) is 11.9 Å².